The number of rotatable bonds is 6. The van der Waals surface area contributed by atoms with Gasteiger partial charge in [0, 0.05) is 12.1 Å². The summed E-state index contributed by atoms with van der Waals surface area (Å²) in [5, 5.41) is 4.72. The van der Waals surface area contributed by atoms with E-state index in [2.05, 4.69) is 46.9 Å². The number of hydrogen-bond acceptors (Lipinski definition) is 4. The van der Waals surface area contributed by atoms with Crippen molar-refractivity contribution in [2.75, 3.05) is 17.6 Å². The highest BCUT2D eigenvalue weighted by molar-refractivity contribution is 7.10. The molecule has 1 unspecified atom stereocenters. The highest BCUT2D eigenvalue weighted by Gasteiger charge is 2.30. The van der Waals surface area contributed by atoms with Gasteiger partial charge in [-0.2, -0.15) is 4.37 Å². The van der Waals surface area contributed by atoms with Gasteiger partial charge in [-0.1, -0.05) is 37.3 Å². The standard InChI is InChI=1S/C16H21N3S/c1-11(12-5-3-2-4-6-12)9-10-18-16-14(13-7-8-13)15(17)19-20-16/h2-6,11,13,18H,7-10H2,1H3,(H2,17,19). The maximum Gasteiger partial charge on any atom is 0.142 e. The number of nitrogen functional groups attached to an aromatic ring is 1. The van der Waals surface area contributed by atoms with Crippen molar-refractivity contribution in [3.63, 3.8) is 0 Å². The number of nitrogens with one attached hydrogen (secondary N) is 1. The highest BCUT2D eigenvalue weighted by atomic mass is 32.1. The normalized spacial score (nSPS) is 16.1. The van der Waals surface area contributed by atoms with Gasteiger partial charge in [0.05, 0.1) is 0 Å². The van der Waals surface area contributed by atoms with Crippen molar-refractivity contribution in [2.24, 2.45) is 0 Å². The van der Waals surface area contributed by atoms with Gasteiger partial charge >= 0.3 is 0 Å². The second-order valence-corrected chi connectivity index (χ2v) is 6.39. The second-order valence-electron chi connectivity index (χ2n) is 5.61. The molecule has 1 saturated carbocycles. The first-order valence-corrected chi connectivity index (χ1v) is 8.07. The molecule has 1 aliphatic carbocycles. The van der Waals surface area contributed by atoms with Crippen LogP contribution in [0.15, 0.2) is 30.3 Å². The van der Waals surface area contributed by atoms with Crippen LogP contribution < -0.4 is 11.1 Å². The molecule has 1 heterocycles. The largest absolute Gasteiger partial charge is 0.383 e. The van der Waals surface area contributed by atoms with E-state index < -0.39 is 0 Å². The molecule has 0 bridgehead atoms. The molecule has 106 valence electrons. The van der Waals surface area contributed by atoms with Crippen LogP contribution in [0.4, 0.5) is 10.8 Å². The number of aromatic nitrogens is 1. The quantitative estimate of drug-likeness (QED) is 0.837. The Kier molecular flexibility index (Phi) is 3.92. The molecule has 2 aromatic rings. The van der Waals surface area contributed by atoms with Crippen LogP contribution in [0.1, 0.15) is 49.1 Å². The average molecular weight is 287 g/mol. The van der Waals surface area contributed by atoms with E-state index >= 15 is 0 Å². The van der Waals surface area contributed by atoms with Crippen LogP contribution >= 0.6 is 11.5 Å². The van der Waals surface area contributed by atoms with Gasteiger partial charge in [0.1, 0.15) is 10.8 Å². The van der Waals surface area contributed by atoms with Crippen molar-refractivity contribution < 1.29 is 0 Å². The predicted octanol–water partition coefficient (Wildman–Crippen LogP) is 4.21. The lowest BCUT2D eigenvalue weighted by atomic mass is 9.98. The summed E-state index contributed by atoms with van der Waals surface area (Å²) >= 11 is 1.51. The summed E-state index contributed by atoms with van der Waals surface area (Å²) in [5.74, 6) is 1.96. The molecule has 3 nitrogen and oxygen atoms in total. The average Bonchev–Trinajstić information content (AvgIpc) is 3.24. The maximum atomic E-state index is 5.96. The van der Waals surface area contributed by atoms with Gasteiger partial charge < -0.3 is 11.1 Å². The molecule has 0 aliphatic heterocycles. The minimum atomic E-state index is 0.568. The molecule has 1 fully saturated rings. The SMILES string of the molecule is CC(CCNc1snc(N)c1C1CC1)c1ccccc1. The van der Waals surface area contributed by atoms with Crippen molar-refractivity contribution in [3.8, 4) is 0 Å². The number of nitrogens with two attached hydrogens (primary N) is 1. The van der Waals surface area contributed by atoms with Crippen LogP contribution in [0.5, 0.6) is 0 Å². The summed E-state index contributed by atoms with van der Waals surface area (Å²) in [5.41, 5.74) is 8.63. The van der Waals surface area contributed by atoms with E-state index in [1.807, 2.05) is 0 Å². The summed E-state index contributed by atoms with van der Waals surface area (Å²) in [6.45, 7) is 3.25. The zero-order valence-electron chi connectivity index (χ0n) is 11.8. The van der Waals surface area contributed by atoms with E-state index in [1.165, 1.54) is 40.5 Å². The Bertz CT molecular complexity index is 560. The minimum Gasteiger partial charge on any atom is -0.383 e. The molecule has 1 aromatic heterocycles. The van der Waals surface area contributed by atoms with Gasteiger partial charge in [0.15, 0.2) is 0 Å². The lowest BCUT2D eigenvalue weighted by Gasteiger charge is -2.13. The highest BCUT2D eigenvalue weighted by Crippen LogP contribution is 2.47. The molecule has 0 radical (unpaired) electrons. The van der Waals surface area contributed by atoms with Crippen LogP contribution in [0.25, 0.3) is 0 Å². The first kappa shape index (κ1) is 13.4. The van der Waals surface area contributed by atoms with Gasteiger partial charge in [-0.05, 0) is 48.2 Å². The molecule has 20 heavy (non-hydrogen) atoms. The third-order valence-corrected chi connectivity index (χ3v) is 4.81. The molecule has 1 aliphatic rings. The number of benzene rings is 1. The molecule has 0 amide bonds. The van der Waals surface area contributed by atoms with Gasteiger partial charge in [0.2, 0.25) is 0 Å². The Balaban J connectivity index is 1.55. The van der Waals surface area contributed by atoms with E-state index in [1.54, 1.807) is 0 Å². The molecular weight excluding hydrogens is 266 g/mol. The molecule has 1 atom stereocenters. The summed E-state index contributed by atoms with van der Waals surface area (Å²) in [7, 11) is 0. The van der Waals surface area contributed by atoms with E-state index in [9.17, 15) is 0 Å². The van der Waals surface area contributed by atoms with Crippen molar-refractivity contribution >= 4 is 22.4 Å². The van der Waals surface area contributed by atoms with E-state index in [4.69, 9.17) is 5.73 Å². The molecule has 3 N–H and O–H groups in total. The lowest BCUT2D eigenvalue weighted by Crippen LogP contribution is -2.06. The molecule has 0 spiro atoms. The molecular formula is C16H21N3S. The third-order valence-electron chi connectivity index (χ3n) is 3.97. The number of anilines is 2. The first-order chi connectivity index (χ1) is 9.75. The Morgan fingerprint density at radius 3 is 2.80 bits per heavy atom. The monoisotopic (exact) mass is 287 g/mol. The van der Waals surface area contributed by atoms with Gasteiger partial charge in [-0.3, -0.25) is 0 Å². The Hall–Kier alpha value is -1.55. The molecule has 0 saturated heterocycles. The Morgan fingerprint density at radius 2 is 2.10 bits per heavy atom. The van der Waals surface area contributed by atoms with Crippen LogP contribution in [-0.2, 0) is 0 Å². The van der Waals surface area contributed by atoms with Crippen LogP contribution in [0.2, 0.25) is 0 Å². The molecule has 4 heteroatoms. The number of hydrogen-bond donors (Lipinski definition) is 2. The van der Waals surface area contributed by atoms with Gasteiger partial charge in [-0.15, -0.1) is 0 Å². The van der Waals surface area contributed by atoms with Crippen LogP contribution in [0.3, 0.4) is 0 Å². The van der Waals surface area contributed by atoms with Gasteiger partial charge in [0.25, 0.3) is 0 Å². The summed E-state index contributed by atoms with van der Waals surface area (Å²) in [6.07, 6.45) is 3.64. The fraction of sp³-hybridized carbons (Fsp3) is 0.438. The zero-order valence-corrected chi connectivity index (χ0v) is 12.6. The molecule has 1 aromatic carbocycles. The predicted molar refractivity (Wildman–Crippen MR) is 86.5 cm³/mol. The van der Waals surface area contributed by atoms with Crippen LogP contribution in [0, 0.1) is 0 Å². The minimum absolute atomic E-state index is 0.568. The Labute approximate surface area is 124 Å². The van der Waals surface area contributed by atoms with E-state index in [-0.39, 0.29) is 0 Å². The summed E-state index contributed by atoms with van der Waals surface area (Å²) in [6, 6.07) is 10.7. The second kappa shape index (κ2) is 5.83. The van der Waals surface area contributed by atoms with E-state index in [0.29, 0.717) is 11.8 Å². The fourth-order valence-corrected chi connectivity index (χ4v) is 3.38. The lowest BCUT2D eigenvalue weighted by molar-refractivity contribution is 0.706. The molecule has 3 rings (SSSR count). The van der Waals surface area contributed by atoms with Crippen molar-refractivity contribution in [1.82, 2.24) is 4.37 Å². The topological polar surface area (TPSA) is 50.9 Å². The third kappa shape index (κ3) is 2.96. The van der Waals surface area contributed by atoms with Crippen molar-refractivity contribution in [2.45, 2.75) is 38.0 Å². The maximum absolute atomic E-state index is 5.96. The summed E-state index contributed by atoms with van der Waals surface area (Å²) in [4.78, 5) is 0. The van der Waals surface area contributed by atoms with Gasteiger partial charge in [-0.25, -0.2) is 0 Å². The van der Waals surface area contributed by atoms with E-state index in [0.717, 1.165) is 18.8 Å². The summed E-state index contributed by atoms with van der Waals surface area (Å²) < 4.78 is 4.29. The zero-order chi connectivity index (χ0) is 13.9. The van der Waals surface area contributed by atoms with Crippen molar-refractivity contribution in [3.05, 3.63) is 41.5 Å². The Morgan fingerprint density at radius 1 is 1.35 bits per heavy atom. The fourth-order valence-electron chi connectivity index (χ4n) is 2.55. The van der Waals surface area contributed by atoms with Crippen molar-refractivity contribution in [1.29, 1.82) is 0 Å². The smallest absolute Gasteiger partial charge is 0.142 e. The first-order valence-electron chi connectivity index (χ1n) is 7.29. The number of nitrogens with zero attached hydrogens (tertiary/aromatic N) is 1. The van der Waals surface area contributed by atoms with Crippen LogP contribution in [-0.4, -0.2) is 10.9 Å².